The zero-order valence-electron chi connectivity index (χ0n) is 12.6. The third-order valence-electron chi connectivity index (χ3n) is 4.55. The second-order valence-corrected chi connectivity index (χ2v) is 7.08. The maximum atomic E-state index is 13.1. The minimum absolute atomic E-state index is 0.0647. The van der Waals surface area contributed by atoms with E-state index in [0.717, 1.165) is 16.3 Å². The Morgan fingerprint density at radius 3 is 2.50 bits per heavy atom. The van der Waals surface area contributed by atoms with Crippen LogP contribution in [0.15, 0.2) is 65.6 Å². The summed E-state index contributed by atoms with van der Waals surface area (Å²) in [5.41, 5.74) is 4.03. The van der Waals surface area contributed by atoms with Gasteiger partial charge in [-0.15, -0.1) is 0 Å². The first-order valence-electron chi connectivity index (χ1n) is 7.75. The van der Waals surface area contributed by atoms with Crippen molar-refractivity contribution >= 4 is 34.7 Å². The third kappa shape index (κ3) is 1.77. The van der Waals surface area contributed by atoms with E-state index in [1.807, 2.05) is 24.3 Å². The molecule has 0 spiro atoms. The molecule has 1 aliphatic heterocycles. The topological polar surface area (TPSA) is 48.1 Å². The Bertz CT molecular complexity index is 1030. The molecule has 24 heavy (non-hydrogen) atoms. The number of ketones is 2. The summed E-state index contributed by atoms with van der Waals surface area (Å²) in [5, 5.41) is 0.147. The van der Waals surface area contributed by atoms with Crippen molar-refractivity contribution in [1.29, 1.82) is 0 Å². The molecule has 0 fully saturated rings. The lowest BCUT2D eigenvalue weighted by Gasteiger charge is -2.23. The number of rotatable bonds is 0. The van der Waals surface area contributed by atoms with Crippen LogP contribution in [0.1, 0.15) is 31.8 Å². The second-order valence-electron chi connectivity index (χ2n) is 5.93. The first kappa shape index (κ1) is 13.7. The van der Waals surface area contributed by atoms with E-state index in [2.05, 4.69) is 11.1 Å². The van der Waals surface area contributed by atoms with Crippen LogP contribution < -0.4 is 4.99 Å². The summed E-state index contributed by atoms with van der Waals surface area (Å²) in [7, 11) is 0. The molecule has 2 aromatic carbocycles. The van der Waals surface area contributed by atoms with Crippen molar-refractivity contribution in [3.8, 4) is 0 Å². The number of hydrogen-bond donors (Lipinski definition) is 1. The Balaban J connectivity index is 1.77. The van der Waals surface area contributed by atoms with Gasteiger partial charge < -0.3 is 0 Å². The van der Waals surface area contributed by atoms with Crippen LogP contribution in [0.3, 0.4) is 0 Å². The molecule has 3 aliphatic rings. The van der Waals surface area contributed by atoms with Gasteiger partial charge in [-0.2, -0.15) is 0 Å². The number of hydrogen-bond acceptors (Lipinski definition) is 3. The average Bonchev–Trinajstić information content (AvgIpc) is 2.63. The van der Waals surface area contributed by atoms with Crippen molar-refractivity contribution in [1.82, 2.24) is 0 Å². The molecule has 114 valence electrons. The van der Waals surface area contributed by atoms with Crippen LogP contribution >= 0.6 is 11.8 Å². The third-order valence-corrected chi connectivity index (χ3v) is 5.87. The van der Waals surface area contributed by atoms with Gasteiger partial charge in [0.1, 0.15) is 5.25 Å². The minimum Gasteiger partial charge on any atom is -0.289 e. The van der Waals surface area contributed by atoms with Crippen LogP contribution in [-0.2, 0) is 0 Å². The number of carbonyl (C=O) groups excluding carboxylic acids is 2. The second kappa shape index (κ2) is 4.89. The lowest BCUT2D eigenvalue weighted by atomic mass is 9.84. The van der Waals surface area contributed by atoms with E-state index in [1.165, 1.54) is 0 Å². The monoisotopic (exact) mass is 330 g/mol. The zero-order chi connectivity index (χ0) is 16.3. The van der Waals surface area contributed by atoms with Crippen LogP contribution in [0.5, 0.6) is 0 Å². The minimum atomic E-state index is -0.0718. The summed E-state index contributed by atoms with van der Waals surface area (Å²) in [6.45, 7) is 0. The molecular weight excluding hydrogens is 318 g/mol. The molecule has 0 radical (unpaired) electrons. The van der Waals surface area contributed by atoms with Gasteiger partial charge in [0.05, 0.1) is 10.5 Å². The van der Waals surface area contributed by atoms with Crippen molar-refractivity contribution < 1.29 is 14.6 Å². The Labute approximate surface area is 142 Å². The zero-order valence-corrected chi connectivity index (χ0v) is 13.4. The van der Waals surface area contributed by atoms with Crippen molar-refractivity contribution in [2.24, 2.45) is 0 Å². The first-order valence-corrected chi connectivity index (χ1v) is 8.63. The molecule has 1 atom stereocenters. The molecule has 2 aromatic rings. The number of thioether (sulfide) groups is 1. The lowest BCUT2D eigenvalue weighted by molar-refractivity contribution is -0.357. The molecule has 0 bridgehead atoms. The van der Waals surface area contributed by atoms with Gasteiger partial charge >= 0.3 is 0 Å². The normalized spacial score (nSPS) is 20.0. The van der Waals surface area contributed by atoms with Crippen LogP contribution in [0, 0.1) is 0 Å². The highest BCUT2D eigenvalue weighted by Crippen LogP contribution is 2.40. The Hall–Kier alpha value is -2.72. The van der Waals surface area contributed by atoms with E-state index in [4.69, 9.17) is 0 Å². The molecular formula is C20H12NO2S+. The number of benzene rings is 2. The fraction of sp³-hybridized carbons (Fsp3) is 0.0500. The summed E-state index contributed by atoms with van der Waals surface area (Å²) in [5.74, 6) is -0.136. The number of allylic oxidation sites excluding steroid dienone is 3. The predicted octanol–water partition coefficient (Wildman–Crippen LogP) is 2.22. The summed E-state index contributed by atoms with van der Waals surface area (Å²) in [4.78, 5) is 30.1. The highest BCUT2D eigenvalue weighted by atomic mass is 32.2. The van der Waals surface area contributed by atoms with Gasteiger partial charge in [0, 0.05) is 28.8 Å². The van der Waals surface area contributed by atoms with Gasteiger partial charge in [-0.3, -0.25) is 9.59 Å². The van der Waals surface area contributed by atoms with Gasteiger partial charge in [-0.1, -0.05) is 54.3 Å². The van der Waals surface area contributed by atoms with E-state index in [1.54, 1.807) is 42.1 Å². The summed E-state index contributed by atoms with van der Waals surface area (Å²) in [6, 6.07) is 10.7. The molecule has 4 heteroatoms. The van der Waals surface area contributed by atoms with Gasteiger partial charge in [-0.05, 0) is 6.07 Å². The van der Waals surface area contributed by atoms with E-state index in [0.29, 0.717) is 22.3 Å². The fourth-order valence-corrected chi connectivity index (χ4v) is 4.65. The summed E-state index contributed by atoms with van der Waals surface area (Å²) < 4.78 is 0. The standard InChI is InChI=1S/C20H11NO2S/c22-18-11-5-1-2-6-12(11)19(23)17-13(18)9-10-15-20(17)24-16-8-4-3-7-14(16)21-15/h1-10,16H/p+1. The predicted molar refractivity (Wildman–Crippen MR) is 93.3 cm³/mol. The SMILES string of the molecule is O=C1c2ccccc2C(=O)c2c1ccc1c2SC2C=CC=CC2=[NH+]1. The summed E-state index contributed by atoms with van der Waals surface area (Å²) >= 11 is 1.63. The van der Waals surface area contributed by atoms with E-state index < -0.39 is 0 Å². The van der Waals surface area contributed by atoms with E-state index >= 15 is 0 Å². The number of nitrogens with one attached hydrogen (secondary N) is 1. The van der Waals surface area contributed by atoms with Crippen LogP contribution in [0.25, 0.3) is 0 Å². The highest BCUT2D eigenvalue weighted by Gasteiger charge is 2.37. The molecule has 1 unspecified atom stereocenters. The van der Waals surface area contributed by atoms with Crippen molar-refractivity contribution in [2.75, 3.05) is 0 Å². The van der Waals surface area contributed by atoms with E-state index in [9.17, 15) is 9.59 Å². The molecule has 3 nitrogen and oxygen atoms in total. The molecule has 0 saturated heterocycles. The number of carbonyl (C=O) groups is 2. The maximum absolute atomic E-state index is 13.1. The quantitative estimate of drug-likeness (QED) is 0.687. The molecule has 0 aromatic heterocycles. The molecule has 5 rings (SSSR count). The van der Waals surface area contributed by atoms with Gasteiger partial charge in [0.15, 0.2) is 17.3 Å². The average molecular weight is 330 g/mol. The first-order chi connectivity index (χ1) is 11.7. The van der Waals surface area contributed by atoms with Crippen LogP contribution in [0.4, 0.5) is 5.69 Å². The highest BCUT2D eigenvalue weighted by molar-refractivity contribution is 8.01. The fourth-order valence-electron chi connectivity index (χ4n) is 3.40. The maximum Gasteiger partial charge on any atom is 0.218 e. The van der Waals surface area contributed by atoms with Crippen molar-refractivity contribution in [3.05, 3.63) is 83.0 Å². The Morgan fingerprint density at radius 2 is 1.67 bits per heavy atom. The molecule has 0 saturated carbocycles. The van der Waals surface area contributed by atoms with Crippen LogP contribution in [0.2, 0.25) is 0 Å². The van der Waals surface area contributed by atoms with Crippen LogP contribution in [-0.4, -0.2) is 22.5 Å². The molecule has 1 N–H and O–H groups in total. The van der Waals surface area contributed by atoms with E-state index in [-0.39, 0.29) is 16.8 Å². The largest absolute Gasteiger partial charge is 0.289 e. The lowest BCUT2D eigenvalue weighted by Crippen LogP contribution is -2.70. The van der Waals surface area contributed by atoms with Gasteiger partial charge in [-0.25, -0.2) is 4.99 Å². The molecule has 0 amide bonds. The van der Waals surface area contributed by atoms with Gasteiger partial charge in [0.2, 0.25) is 5.69 Å². The number of fused-ring (bicyclic) bond motifs is 5. The molecule has 1 heterocycles. The Kier molecular flexibility index (Phi) is 2.79. The summed E-state index contributed by atoms with van der Waals surface area (Å²) in [6.07, 6.45) is 8.14. The molecule has 2 aliphatic carbocycles. The van der Waals surface area contributed by atoms with Crippen molar-refractivity contribution in [2.45, 2.75) is 10.1 Å². The van der Waals surface area contributed by atoms with Crippen molar-refractivity contribution in [3.63, 3.8) is 0 Å². The van der Waals surface area contributed by atoms with Gasteiger partial charge in [0.25, 0.3) is 0 Å². The smallest absolute Gasteiger partial charge is 0.218 e. The Morgan fingerprint density at radius 1 is 0.875 bits per heavy atom.